The Morgan fingerprint density at radius 3 is 2.11 bits per heavy atom. The van der Waals surface area contributed by atoms with Crippen LogP contribution in [-0.2, 0) is 10.0 Å². The Hall–Kier alpha value is -0.460. The van der Waals surface area contributed by atoms with Crippen molar-refractivity contribution in [2.45, 2.75) is 38.6 Å². The molecule has 0 fully saturated rings. The molecule has 0 amide bonds. The van der Waals surface area contributed by atoms with Crippen LogP contribution in [0.4, 0.5) is 4.39 Å². The topological polar surface area (TPSA) is 37.4 Å². The van der Waals surface area contributed by atoms with Crippen molar-refractivity contribution in [3.05, 3.63) is 29.1 Å². The molecule has 1 aromatic rings. The molecule has 0 saturated carbocycles. The minimum absolute atomic E-state index is 0.147. The van der Waals surface area contributed by atoms with Crippen molar-refractivity contribution in [1.29, 1.82) is 0 Å². The molecule has 0 N–H and O–H groups in total. The molecule has 0 saturated heterocycles. The Labute approximate surface area is 123 Å². The Morgan fingerprint density at radius 2 is 1.74 bits per heavy atom. The number of halogens is 2. The van der Waals surface area contributed by atoms with E-state index in [1.165, 1.54) is 16.4 Å². The predicted molar refractivity (Wildman–Crippen MR) is 78.7 cm³/mol. The molecular formula is C13H19BrFNO2S. The van der Waals surface area contributed by atoms with Gasteiger partial charge in [0.15, 0.2) is 0 Å². The van der Waals surface area contributed by atoms with Crippen molar-refractivity contribution in [2.24, 2.45) is 0 Å². The van der Waals surface area contributed by atoms with E-state index in [1.807, 2.05) is 13.8 Å². The van der Waals surface area contributed by atoms with E-state index < -0.39 is 15.8 Å². The van der Waals surface area contributed by atoms with Gasteiger partial charge in [-0.15, -0.1) is 0 Å². The molecule has 0 bridgehead atoms. The molecule has 0 radical (unpaired) electrons. The summed E-state index contributed by atoms with van der Waals surface area (Å²) in [6.45, 7) is 7.28. The Balaban J connectivity index is 3.42. The van der Waals surface area contributed by atoms with Crippen molar-refractivity contribution in [2.75, 3.05) is 11.9 Å². The van der Waals surface area contributed by atoms with Crippen LogP contribution in [-0.4, -0.2) is 30.6 Å². The highest BCUT2D eigenvalue weighted by Crippen LogP contribution is 2.26. The van der Waals surface area contributed by atoms with Gasteiger partial charge in [-0.3, -0.25) is 0 Å². The monoisotopic (exact) mass is 351 g/mol. The SMILES string of the molecule is Cc1cc(F)cc(C)c1S(=O)(=O)N(CCBr)C(C)C. The maximum absolute atomic E-state index is 13.3. The summed E-state index contributed by atoms with van der Waals surface area (Å²) in [5.74, 6) is -0.412. The summed E-state index contributed by atoms with van der Waals surface area (Å²) in [6, 6.07) is 2.37. The molecule has 0 aliphatic carbocycles. The fourth-order valence-corrected chi connectivity index (χ4v) is 4.83. The van der Waals surface area contributed by atoms with Gasteiger partial charge < -0.3 is 0 Å². The van der Waals surface area contributed by atoms with Crippen molar-refractivity contribution < 1.29 is 12.8 Å². The lowest BCUT2D eigenvalue weighted by Crippen LogP contribution is -2.38. The molecular weight excluding hydrogens is 333 g/mol. The molecule has 0 aliphatic heterocycles. The van der Waals surface area contributed by atoms with Crippen molar-refractivity contribution in [3.8, 4) is 0 Å². The lowest BCUT2D eigenvalue weighted by molar-refractivity contribution is 0.371. The highest BCUT2D eigenvalue weighted by molar-refractivity contribution is 9.09. The molecule has 1 aromatic carbocycles. The summed E-state index contributed by atoms with van der Waals surface area (Å²) >= 11 is 3.27. The first-order valence-electron chi connectivity index (χ1n) is 6.06. The highest BCUT2D eigenvalue weighted by Gasteiger charge is 2.29. The lowest BCUT2D eigenvalue weighted by atomic mass is 10.1. The van der Waals surface area contributed by atoms with E-state index in [-0.39, 0.29) is 10.9 Å². The molecule has 3 nitrogen and oxygen atoms in total. The fourth-order valence-electron chi connectivity index (χ4n) is 2.16. The third-order valence-electron chi connectivity index (χ3n) is 2.87. The van der Waals surface area contributed by atoms with Crippen LogP contribution in [0, 0.1) is 19.7 Å². The van der Waals surface area contributed by atoms with Crippen LogP contribution in [0.1, 0.15) is 25.0 Å². The zero-order chi connectivity index (χ0) is 14.8. The largest absolute Gasteiger partial charge is 0.243 e. The smallest absolute Gasteiger partial charge is 0.207 e. The Bertz CT molecular complexity index is 535. The number of hydrogen-bond acceptors (Lipinski definition) is 2. The molecule has 0 aliphatic rings. The van der Waals surface area contributed by atoms with Crippen LogP contribution >= 0.6 is 15.9 Å². The van der Waals surface area contributed by atoms with Crippen molar-refractivity contribution in [3.63, 3.8) is 0 Å². The summed E-state index contributed by atoms with van der Waals surface area (Å²) in [5, 5.41) is 0.559. The lowest BCUT2D eigenvalue weighted by Gasteiger charge is -2.26. The zero-order valence-electron chi connectivity index (χ0n) is 11.6. The first-order valence-corrected chi connectivity index (χ1v) is 8.62. The minimum Gasteiger partial charge on any atom is -0.207 e. The number of alkyl halides is 1. The van der Waals surface area contributed by atoms with Crippen LogP contribution in [0.5, 0.6) is 0 Å². The van der Waals surface area contributed by atoms with Gasteiger partial charge in [-0.1, -0.05) is 15.9 Å². The Kier molecular flexibility index (Phi) is 5.53. The fraction of sp³-hybridized carbons (Fsp3) is 0.538. The van der Waals surface area contributed by atoms with Gasteiger partial charge in [-0.05, 0) is 51.0 Å². The second-order valence-corrected chi connectivity index (χ2v) is 7.39. The molecule has 0 aromatic heterocycles. The van der Waals surface area contributed by atoms with Gasteiger partial charge in [0.05, 0.1) is 4.90 Å². The van der Waals surface area contributed by atoms with Crippen LogP contribution in [0.2, 0.25) is 0 Å². The van der Waals surface area contributed by atoms with Gasteiger partial charge in [0, 0.05) is 17.9 Å². The van der Waals surface area contributed by atoms with Crippen LogP contribution < -0.4 is 0 Å². The van der Waals surface area contributed by atoms with E-state index in [4.69, 9.17) is 0 Å². The van der Waals surface area contributed by atoms with Crippen molar-refractivity contribution in [1.82, 2.24) is 4.31 Å². The molecule has 6 heteroatoms. The number of hydrogen-bond donors (Lipinski definition) is 0. The van der Waals surface area contributed by atoms with E-state index in [9.17, 15) is 12.8 Å². The predicted octanol–water partition coefficient (Wildman–Crippen LogP) is 3.24. The number of sulfonamides is 1. The third-order valence-corrected chi connectivity index (χ3v) is 5.61. The van der Waals surface area contributed by atoms with E-state index in [1.54, 1.807) is 13.8 Å². The van der Waals surface area contributed by atoms with E-state index in [2.05, 4.69) is 15.9 Å². The van der Waals surface area contributed by atoms with Gasteiger partial charge in [0.25, 0.3) is 0 Å². The highest BCUT2D eigenvalue weighted by atomic mass is 79.9. The summed E-state index contributed by atoms with van der Waals surface area (Å²) in [4.78, 5) is 0.212. The normalized spacial score (nSPS) is 12.4. The second-order valence-electron chi connectivity index (χ2n) is 4.77. The number of rotatable bonds is 5. The summed E-state index contributed by atoms with van der Waals surface area (Å²) in [6.07, 6.45) is 0. The number of aryl methyl sites for hydroxylation is 2. The molecule has 0 unspecified atom stereocenters. The van der Waals surface area contributed by atoms with Gasteiger partial charge in [0.2, 0.25) is 10.0 Å². The average molecular weight is 352 g/mol. The van der Waals surface area contributed by atoms with Crippen LogP contribution in [0.15, 0.2) is 17.0 Å². The second kappa shape index (κ2) is 6.33. The molecule has 0 heterocycles. The summed E-state index contributed by atoms with van der Waals surface area (Å²) in [5.41, 5.74) is 0.885. The van der Waals surface area contributed by atoms with E-state index >= 15 is 0 Å². The minimum atomic E-state index is -3.60. The van der Waals surface area contributed by atoms with Crippen LogP contribution in [0.3, 0.4) is 0 Å². The molecule has 0 spiro atoms. The van der Waals surface area contributed by atoms with Gasteiger partial charge in [-0.25, -0.2) is 12.8 Å². The quantitative estimate of drug-likeness (QED) is 0.763. The van der Waals surface area contributed by atoms with Gasteiger partial charge in [-0.2, -0.15) is 4.31 Å². The summed E-state index contributed by atoms with van der Waals surface area (Å²) in [7, 11) is -3.60. The number of nitrogens with zero attached hydrogens (tertiary/aromatic N) is 1. The first-order chi connectivity index (χ1) is 8.71. The van der Waals surface area contributed by atoms with Crippen LogP contribution in [0.25, 0.3) is 0 Å². The average Bonchev–Trinajstić information content (AvgIpc) is 2.22. The first kappa shape index (κ1) is 16.6. The van der Waals surface area contributed by atoms with Gasteiger partial charge in [0.1, 0.15) is 5.82 Å². The third kappa shape index (κ3) is 3.55. The zero-order valence-corrected chi connectivity index (χ0v) is 14.0. The standard InChI is InChI=1S/C13H19BrFNO2S/c1-9(2)16(6-5-14)19(17,18)13-10(3)7-12(15)8-11(13)4/h7-9H,5-6H2,1-4H3. The Morgan fingerprint density at radius 1 is 1.26 bits per heavy atom. The molecule has 19 heavy (non-hydrogen) atoms. The molecule has 108 valence electrons. The molecule has 0 atom stereocenters. The maximum Gasteiger partial charge on any atom is 0.243 e. The summed E-state index contributed by atoms with van der Waals surface area (Å²) < 4.78 is 40.1. The number of benzene rings is 1. The van der Waals surface area contributed by atoms with E-state index in [0.717, 1.165) is 0 Å². The molecule has 1 rings (SSSR count). The van der Waals surface area contributed by atoms with Gasteiger partial charge >= 0.3 is 0 Å². The van der Waals surface area contributed by atoms with E-state index in [0.29, 0.717) is 23.0 Å². The van der Waals surface area contributed by atoms with Crippen molar-refractivity contribution >= 4 is 26.0 Å². The maximum atomic E-state index is 13.3.